The number of rotatable bonds is 3. The summed E-state index contributed by atoms with van der Waals surface area (Å²) in [6.45, 7) is 5.96. The number of nitrogens with zero attached hydrogens (tertiary/aromatic N) is 1. The first-order valence-corrected chi connectivity index (χ1v) is 12.1. The fourth-order valence-electron chi connectivity index (χ4n) is 6.21. The third kappa shape index (κ3) is 3.25. The predicted molar refractivity (Wildman–Crippen MR) is 131 cm³/mol. The van der Waals surface area contributed by atoms with Crippen molar-refractivity contribution in [3.8, 4) is 5.75 Å². The molecule has 0 saturated carbocycles. The number of hydrogen-bond acceptors (Lipinski definition) is 4. The summed E-state index contributed by atoms with van der Waals surface area (Å²) >= 11 is 0. The molecule has 5 nitrogen and oxygen atoms in total. The van der Waals surface area contributed by atoms with Crippen molar-refractivity contribution in [2.75, 3.05) is 6.54 Å². The van der Waals surface area contributed by atoms with Crippen molar-refractivity contribution in [3.63, 3.8) is 0 Å². The number of carbonyl (C=O) groups is 3. The average molecular weight is 466 g/mol. The minimum absolute atomic E-state index is 0.0122. The maximum Gasteiger partial charge on any atom is 0.331 e. The van der Waals surface area contributed by atoms with Gasteiger partial charge in [-0.1, -0.05) is 81.4 Å². The lowest BCUT2D eigenvalue weighted by molar-refractivity contribution is -0.148. The van der Waals surface area contributed by atoms with E-state index in [2.05, 4.69) is 45.0 Å². The molecule has 2 bridgehead atoms. The number of imide groups is 1. The minimum atomic E-state index is -0.615. The number of esters is 1. The lowest BCUT2D eigenvalue weighted by Crippen LogP contribution is -2.41. The minimum Gasteiger partial charge on any atom is -0.425 e. The lowest BCUT2D eigenvalue weighted by atomic mass is 9.55. The Morgan fingerprint density at radius 1 is 0.743 bits per heavy atom. The number of likely N-dealkylation sites (tertiary alicyclic amines) is 1. The molecule has 0 radical (unpaired) electrons. The molecule has 176 valence electrons. The normalized spacial score (nSPS) is 24.1. The second-order valence-electron chi connectivity index (χ2n) is 10.8. The summed E-state index contributed by atoms with van der Waals surface area (Å²) in [6.07, 6.45) is 0. The van der Waals surface area contributed by atoms with E-state index in [1.54, 1.807) is 12.1 Å². The van der Waals surface area contributed by atoms with E-state index in [0.717, 1.165) is 32.7 Å². The Morgan fingerprint density at radius 2 is 1.17 bits per heavy atom. The van der Waals surface area contributed by atoms with Crippen molar-refractivity contribution in [1.29, 1.82) is 0 Å². The second-order valence-corrected chi connectivity index (χ2v) is 10.8. The summed E-state index contributed by atoms with van der Waals surface area (Å²) in [6, 6.07) is 23.5. The SMILES string of the molecule is CC(C)(C)c1ccc(OC(=O)CN2C(=O)[C@H]3C4c5ccccc5C(c5ccccc54)[C@@H]3C2=O)cc1. The second kappa shape index (κ2) is 7.64. The zero-order valence-corrected chi connectivity index (χ0v) is 20.0. The van der Waals surface area contributed by atoms with Crippen molar-refractivity contribution in [2.45, 2.75) is 38.0 Å². The van der Waals surface area contributed by atoms with Crippen molar-refractivity contribution in [2.24, 2.45) is 11.8 Å². The summed E-state index contributed by atoms with van der Waals surface area (Å²) in [5, 5.41) is 0. The van der Waals surface area contributed by atoms with Crippen LogP contribution >= 0.6 is 0 Å². The molecule has 0 aromatic heterocycles. The quantitative estimate of drug-likeness (QED) is 0.317. The highest BCUT2D eigenvalue weighted by atomic mass is 16.5. The van der Waals surface area contributed by atoms with E-state index in [4.69, 9.17) is 4.74 Å². The van der Waals surface area contributed by atoms with E-state index in [-0.39, 0.29) is 35.6 Å². The summed E-state index contributed by atoms with van der Waals surface area (Å²) in [5.41, 5.74) is 5.57. The average Bonchev–Trinajstić information content (AvgIpc) is 3.09. The standard InChI is InChI=1S/C30H27NO4/c1-30(2,3)17-12-14-18(15-13-17)35-23(32)16-31-28(33)26-24-19-8-4-5-9-20(19)25(27(26)29(31)34)22-11-7-6-10-21(22)24/h4-15,24-27H,16H2,1-3H3/t24?,25?,26-,27-/m0/s1. The monoisotopic (exact) mass is 465 g/mol. The maximum absolute atomic E-state index is 13.6. The molecule has 0 unspecified atom stereocenters. The van der Waals surface area contributed by atoms with Crippen LogP contribution in [0.25, 0.3) is 0 Å². The van der Waals surface area contributed by atoms with Gasteiger partial charge in [-0.15, -0.1) is 0 Å². The number of carbonyl (C=O) groups excluding carboxylic acids is 3. The van der Waals surface area contributed by atoms with Crippen molar-refractivity contribution >= 4 is 17.8 Å². The zero-order chi connectivity index (χ0) is 24.5. The van der Waals surface area contributed by atoms with Gasteiger partial charge in [-0.3, -0.25) is 14.5 Å². The summed E-state index contributed by atoms with van der Waals surface area (Å²) in [7, 11) is 0. The Bertz CT molecular complexity index is 1250. The topological polar surface area (TPSA) is 63.7 Å². The molecule has 7 rings (SSSR count). The summed E-state index contributed by atoms with van der Waals surface area (Å²) < 4.78 is 5.50. The Hall–Kier alpha value is -3.73. The van der Waals surface area contributed by atoms with Gasteiger partial charge in [-0.25, -0.2) is 4.79 Å². The molecule has 1 saturated heterocycles. The molecule has 0 N–H and O–H groups in total. The first kappa shape index (κ1) is 21.8. The molecule has 1 fully saturated rings. The largest absolute Gasteiger partial charge is 0.425 e. The number of amides is 2. The molecule has 4 aliphatic rings. The highest BCUT2D eigenvalue weighted by Crippen LogP contribution is 2.60. The Morgan fingerprint density at radius 3 is 1.57 bits per heavy atom. The molecule has 3 aromatic carbocycles. The molecule has 2 atom stereocenters. The van der Waals surface area contributed by atoms with Crippen LogP contribution in [-0.4, -0.2) is 29.2 Å². The lowest BCUT2D eigenvalue weighted by Gasteiger charge is -2.45. The molecule has 1 aliphatic heterocycles. The van der Waals surface area contributed by atoms with Crippen molar-refractivity contribution < 1.29 is 19.1 Å². The van der Waals surface area contributed by atoms with Crippen LogP contribution in [0.2, 0.25) is 0 Å². The fraction of sp³-hybridized carbons (Fsp3) is 0.300. The van der Waals surface area contributed by atoms with Crippen LogP contribution in [0.4, 0.5) is 0 Å². The van der Waals surface area contributed by atoms with Gasteiger partial charge in [0.05, 0.1) is 11.8 Å². The maximum atomic E-state index is 13.6. The number of benzene rings is 3. The van der Waals surface area contributed by atoms with Crippen molar-refractivity contribution in [3.05, 3.63) is 101 Å². The Labute approximate surface area is 204 Å². The predicted octanol–water partition coefficient (Wildman–Crippen LogP) is 4.78. The van der Waals surface area contributed by atoms with Crippen LogP contribution in [-0.2, 0) is 19.8 Å². The van der Waals surface area contributed by atoms with Gasteiger partial charge in [0.15, 0.2) is 0 Å². The Kier molecular flexibility index (Phi) is 4.75. The first-order valence-electron chi connectivity index (χ1n) is 12.1. The van der Waals surface area contributed by atoms with Crippen LogP contribution in [0, 0.1) is 11.8 Å². The van der Waals surface area contributed by atoms with Crippen LogP contribution in [0.5, 0.6) is 5.75 Å². The molecule has 2 amide bonds. The molecule has 5 heteroatoms. The van der Waals surface area contributed by atoms with E-state index in [9.17, 15) is 14.4 Å². The number of hydrogen-bond donors (Lipinski definition) is 0. The van der Waals surface area contributed by atoms with Crippen molar-refractivity contribution in [1.82, 2.24) is 4.90 Å². The molecule has 0 spiro atoms. The van der Waals surface area contributed by atoms with Crippen LogP contribution in [0.15, 0.2) is 72.8 Å². The van der Waals surface area contributed by atoms with E-state index in [0.29, 0.717) is 5.75 Å². The number of ether oxygens (including phenoxy) is 1. The van der Waals surface area contributed by atoms with Crippen LogP contribution < -0.4 is 4.74 Å². The summed E-state index contributed by atoms with van der Waals surface area (Å²) in [4.78, 5) is 41.1. The van der Waals surface area contributed by atoms with Gasteiger partial charge in [-0.05, 0) is 45.4 Å². The molecule has 35 heavy (non-hydrogen) atoms. The zero-order valence-electron chi connectivity index (χ0n) is 20.0. The van der Waals surface area contributed by atoms with Gasteiger partial charge in [-0.2, -0.15) is 0 Å². The molecule has 3 aromatic rings. The highest BCUT2D eigenvalue weighted by molar-refractivity contribution is 6.09. The van der Waals surface area contributed by atoms with Gasteiger partial charge in [0.2, 0.25) is 11.8 Å². The highest BCUT2D eigenvalue weighted by Gasteiger charge is 2.61. The van der Waals surface area contributed by atoms with Gasteiger partial charge in [0, 0.05) is 11.8 Å². The summed E-state index contributed by atoms with van der Waals surface area (Å²) in [5.74, 6) is -2.11. The fourth-order valence-corrected chi connectivity index (χ4v) is 6.21. The third-order valence-corrected chi connectivity index (χ3v) is 7.78. The third-order valence-electron chi connectivity index (χ3n) is 7.78. The van der Waals surface area contributed by atoms with Gasteiger partial charge in [0.1, 0.15) is 12.3 Å². The van der Waals surface area contributed by atoms with E-state index in [1.807, 2.05) is 36.4 Å². The Balaban J connectivity index is 1.28. The first-order chi connectivity index (χ1) is 16.8. The van der Waals surface area contributed by atoms with Gasteiger partial charge < -0.3 is 4.74 Å². The van der Waals surface area contributed by atoms with Gasteiger partial charge in [0.25, 0.3) is 0 Å². The van der Waals surface area contributed by atoms with Crippen LogP contribution in [0.1, 0.15) is 60.4 Å². The molecular formula is C30H27NO4. The van der Waals surface area contributed by atoms with E-state index in [1.165, 1.54) is 0 Å². The van der Waals surface area contributed by atoms with E-state index < -0.39 is 17.8 Å². The molecule has 3 aliphatic carbocycles. The van der Waals surface area contributed by atoms with Gasteiger partial charge >= 0.3 is 5.97 Å². The molecular weight excluding hydrogens is 438 g/mol. The van der Waals surface area contributed by atoms with E-state index >= 15 is 0 Å². The smallest absolute Gasteiger partial charge is 0.331 e. The molecule has 1 heterocycles. The van der Waals surface area contributed by atoms with Crippen LogP contribution in [0.3, 0.4) is 0 Å².